The van der Waals surface area contributed by atoms with Crippen LogP contribution in [0.15, 0.2) is 10.6 Å². The van der Waals surface area contributed by atoms with E-state index in [1.54, 1.807) is 4.68 Å². The lowest BCUT2D eigenvalue weighted by Crippen LogP contribution is -1.94. The Morgan fingerprint density at radius 3 is 2.86 bits per heavy atom. The zero-order valence-electron chi connectivity index (χ0n) is 7.86. The minimum absolute atomic E-state index is 0.110. The first kappa shape index (κ1) is 9.21. The summed E-state index contributed by atoms with van der Waals surface area (Å²) in [5, 5.41) is 7.88. The van der Waals surface area contributed by atoms with Crippen LogP contribution in [0.1, 0.15) is 12.6 Å². The normalized spacial score (nSPS) is 10.8. The van der Waals surface area contributed by atoms with E-state index in [-0.39, 0.29) is 5.28 Å². The highest BCUT2D eigenvalue weighted by Gasteiger charge is 2.12. The van der Waals surface area contributed by atoms with E-state index in [1.165, 1.54) is 0 Å². The van der Waals surface area contributed by atoms with E-state index in [4.69, 9.17) is 16.1 Å². The molecule has 0 saturated heterocycles. The van der Waals surface area contributed by atoms with Crippen LogP contribution >= 0.6 is 11.6 Å². The summed E-state index contributed by atoms with van der Waals surface area (Å²) in [6, 6.07) is 1.91. The molecule has 2 rings (SSSR count). The highest BCUT2D eigenvalue weighted by molar-refractivity contribution is 6.28. The molecule has 0 aliphatic rings. The third kappa shape index (κ3) is 1.50. The average Bonchev–Trinajstić information content (AvgIpc) is 2.71. The Hall–Kier alpha value is -1.36. The van der Waals surface area contributed by atoms with Crippen molar-refractivity contribution in [2.24, 2.45) is 7.05 Å². The van der Waals surface area contributed by atoms with Crippen molar-refractivity contribution >= 4 is 11.6 Å². The van der Waals surface area contributed by atoms with Crippen molar-refractivity contribution in [1.82, 2.24) is 19.9 Å². The fraction of sp³-hybridized carbons (Fsp3) is 0.375. The van der Waals surface area contributed by atoms with Crippen molar-refractivity contribution in [3.63, 3.8) is 0 Å². The van der Waals surface area contributed by atoms with Gasteiger partial charge < -0.3 is 4.52 Å². The fourth-order valence-electron chi connectivity index (χ4n) is 1.21. The third-order valence-corrected chi connectivity index (χ3v) is 2.07. The van der Waals surface area contributed by atoms with Crippen LogP contribution in [0.25, 0.3) is 11.6 Å². The van der Waals surface area contributed by atoms with Crippen LogP contribution in [0.5, 0.6) is 0 Å². The van der Waals surface area contributed by atoms with Crippen molar-refractivity contribution in [3.05, 3.63) is 17.0 Å². The van der Waals surface area contributed by atoms with Crippen molar-refractivity contribution in [2.75, 3.05) is 0 Å². The second-order valence-corrected chi connectivity index (χ2v) is 3.20. The molecule has 0 aliphatic heterocycles. The molecule has 0 fully saturated rings. The van der Waals surface area contributed by atoms with E-state index >= 15 is 0 Å². The zero-order valence-corrected chi connectivity index (χ0v) is 8.62. The summed E-state index contributed by atoms with van der Waals surface area (Å²) in [6.45, 7) is 2.03. The van der Waals surface area contributed by atoms with E-state index < -0.39 is 0 Å². The quantitative estimate of drug-likeness (QED) is 0.760. The maximum Gasteiger partial charge on any atom is 0.277 e. The molecule has 0 aliphatic carbocycles. The first-order chi connectivity index (χ1) is 6.70. The SMILES string of the molecule is CCc1cc(-c2nc(Cl)no2)n(C)n1. The summed E-state index contributed by atoms with van der Waals surface area (Å²) in [5.41, 5.74) is 1.76. The molecular weight excluding hydrogens is 204 g/mol. The molecule has 2 aromatic rings. The largest absolute Gasteiger partial charge is 0.331 e. The molecule has 6 heteroatoms. The molecule has 0 N–H and O–H groups in total. The van der Waals surface area contributed by atoms with Crippen LogP contribution in [0.4, 0.5) is 0 Å². The van der Waals surface area contributed by atoms with Gasteiger partial charge in [-0.2, -0.15) is 10.1 Å². The summed E-state index contributed by atoms with van der Waals surface area (Å²) in [5.74, 6) is 0.393. The number of hydrogen-bond donors (Lipinski definition) is 0. The number of nitrogens with zero attached hydrogens (tertiary/aromatic N) is 4. The number of rotatable bonds is 2. The fourth-order valence-corrected chi connectivity index (χ4v) is 1.32. The highest BCUT2D eigenvalue weighted by atomic mass is 35.5. The van der Waals surface area contributed by atoms with Crippen molar-refractivity contribution in [1.29, 1.82) is 0 Å². The molecule has 0 saturated carbocycles. The first-order valence-corrected chi connectivity index (χ1v) is 4.61. The van der Waals surface area contributed by atoms with Crippen LogP contribution < -0.4 is 0 Å². The standard InChI is InChI=1S/C8H9ClN4O/c1-3-5-4-6(13(2)11-5)7-10-8(9)12-14-7/h4H,3H2,1-2H3. The monoisotopic (exact) mass is 212 g/mol. The lowest BCUT2D eigenvalue weighted by Gasteiger charge is -1.92. The van der Waals surface area contributed by atoms with Gasteiger partial charge in [0.1, 0.15) is 5.69 Å². The topological polar surface area (TPSA) is 56.7 Å². The maximum atomic E-state index is 5.56. The Bertz CT molecular complexity index is 448. The lowest BCUT2D eigenvalue weighted by molar-refractivity contribution is 0.427. The van der Waals surface area contributed by atoms with Crippen LogP contribution in [0.2, 0.25) is 5.28 Å². The van der Waals surface area contributed by atoms with E-state index in [1.807, 2.05) is 20.0 Å². The molecule has 0 bridgehead atoms. The molecule has 0 aromatic carbocycles. The highest BCUT2D eigenvalue weighted by Crippen LogP contribution is 2.19. The number of hydrogen-bond acceptors (Lipinski definition) is 4. The third-order valence-electron chi connectivity index (χ3n) is 1.91. The van der Waals surface area contributed by atoms with Gasteiger partial charge >= 0.3 is 0 Å². The lowest BCUT2D eigenvalue weighted by atomic mass is 10.3. The summed E-state index contributed by atoms with van der Waals surface area (Å²) >= 11 is 5.56. The van der Waals surface area contributed by atoms with Crippen molar-refractivity contribution < 1.29 is 4.52 Å². The second-order valence-electron chi connectivity index (χ2n) is 2.87. The Balaban J connectivity index is 2.45. The molecule has 14 heavy (non-hydrogen) atoms. The maximum absolute atomic E-state index is 5.56. The molecule has 0 unspecified atom stereocenters. The molecule has 74 valence electrons. The first-order valence-electron chi connectivity index (χ1n) is 4.23. The van der Waals surface area contributed by atoms with Gasteiger partial charge in [-0.25, -0.2) is 0 Å². The van der Waals surface area contributed by atoms with Gasteiger partial charge in [0.15, 0.2) is 0 Å². The molecule has 2 aromatic heterocycles. The summed E-state index contributed by atoms with van der Waals surface area (Å²) < 4.78 is 6.63. The predicted octanol–water partition coefficient (Wildman–Crippen LogP) is 1.69. The van der Waals surface area contributed by atoms with Gasteiger partial charge in [0, 0.05) is 7.05 Å². The molecule has 0 atom stereocenters. The van der Waals surface area contributed by atoms with E-state index in [2.05, 4.69) is 15.2 Å². The second kappa shape index (κ2) is 3.42. The predicted molar refractivity (Wildman–Crippen MR) is 50.9 cm³/mol. The Kier molecular flexibility index (Phi) is 2.25. The van der Waals surface area contributed by atoms with Gasteiger partial charge in [0.25, 0.3) is 11.2 Å². The van der Waals surface area contributed by atoms with Gasteiger partial charge in [-0.3, -0.25) is 4.68 Å². The van der Waals surface area contributed by atoms with Crippen LogP contribution in [0, 0.1) is 0 Å². The van der Waals surface area contributed by atoms with E-state index in [0.717, 1.165) is 17.8 Å². The molecule has 5 nitrogen and oxygen atoms in total. The average molecular weight is 213 g/mol. The summed E-state index contributed by atoms with van der Waals surface area (Å²) in [7, 11) is 1.83. The van der Waals surface area contributed by atoms with Gasteiger partial charge in [-0.05, 0) is 29.2 Å². The molecule has 0 radical (unpaired) electrons. The molecule has 0 spiro atoms. The van der Waals surface area contributed by atoms with E-state index in [0.29, 0.717) is 5.89 Å². The molecular formula is C8H9ClN4O. The Morgan fingerprint density at radius 1 is 1.57 bits per heavy atom. The number of aryl methyl sites for hydroxylation is 2. The number of halogens is 1. The zero-order chi connectivity index (χ0) is 10.1. The smallest absolute Gasteiger partial charge is 0.277 e. The Morgan fingerprint density at radius 2 is 2.36 bits per heavy atom. The van der Waals surface area contributed by atoms with Crippen LogP contribution in [-0.2, 0) is 13.5 Å². The van der Waals surface area contributed by atoms with E-state index in [9.17, 15) is 0 Å². The van der Waals surface area contributed by atoms with Crippen LogP contribution in [0.3, 0.4) is 0 Å². The van der Waals surface area contributed by atoms with Gasteiger partial charge in [-0.15, -0.1) is 0 Å². The van der Waals surface area contributed by atoms with Crippen molar-refractivity contribution in [3.8, 4) is 11.6 Å². The number of aromatic nitrogens is 4. The van der Waals surface area contributed by atoms with Crippen LogP contribution in [-0.4, -0.2) is 19.9 Å². The van der Waals surface area contributed by atoms with Crippen molar-refractivity contribution in [2.45, 2.75) is 13.3 Å². The summed E-state index contributed by atoms with van der Waals surface area (Å²) in [6.07, 6.45) is 0.871. The molecule has 2 heterocycles. The molecule has 0 amide bonds. The Labute approximate surface area is 85.7 Å². The van der Waals surface area contributed by atoms with Gasteiger partial charge in [0.2, 0.25) is 0 Å². The van der Waals surface area contributed by atoms with Gasteiger partial charge in [0.05, 0.1) is 5.69 Å². The minimum Gasteiger partial charge on any atom is -0.331 e. The van der Waals surface area contributed by atoms with Gasteiger partial charge in [-0.1, -0.05) is 6.92 Å². The summed E-state index contributed by atoms with van der Waals surface area (Å²) in [4.78, 5) is 3.92. The minimum atomic E-state index is 0.110.